The summed E-state index contributed by atoms with van der Waals surface area (Å²) in [7, 11) is 0. The number of nitrogens with zero attached hydrogens (tertiary/aromatic N) is 3. The molecule has 1 N–H and O–H groups in total. The van der Waals surface area contributed by atoms with Crippen LogP contribution < -0.4 is 5.32 Å². The van der Waals surface area contributed by atoms with Crippen molar-refractivity contribution in [1.82, 2.24) is 14.6 Å². The number of hydrogen-bond donors (Lipinski definition) is 1. The summed E-state index contributed by atoms with van der Waals surface area (Å²) in [6, 6.07) is 17.5. The quantitative estimate of drug-likeness (QED) is 0.619. The fourth-order valence-electron chi connectivity index (χ4n) is 2.82. The highest BCUT2D eigenvalue weighted by Gasteiger charge is 2.10. The van der Waals surface area contributed by atoms with Crippen molar-refractivity contribution in [2.45, 2.75) is 6.92 Å². The number of pyridine rings is 2. The Labute approximate surface area is 145 Å². The highest BCUT2D eigenvalue weighted by molar-refractivity contribution is 6.04. The second-order valence-electron chi connectivity index (χ2n) is 5.80. The van der Waals surface area contributed by atoms with Gasteiger partial charge in [0.05, 0.1) is 23.0 Å². The Morgan fingerprint density at radius 2 is 1.96 bits per heavy atom. The van der Waals surface area contributed by atoms with Gasteiger partial charge in [0.15, 0.2) is 0 Å². The maximum Gasteiger partial charge on any atom is 0.257 e. The summed E-state index contributed by atoms with van der Waals surface area (Å²) in [6.07, 6.45) is 4.98. The minimum atomic E-state index is -0.168. The van der Waals surface area contributed by atoms with E-state index < -0.39 is 0 Å². The van der Waals surface area contributed by atoms with Crippen molar-refractivity contribution in [1.29, 1.82) is 0 Å². The summed E-state index contributed by atoms with van der Waals surface area (Å²) in [5.41, 5.74) is 5.41. The maximum absolute atomic E-state index is 12.3. The van der Waals surface area contributed by atoms with Crippen molar-refractivity contribution < 1.29 is 4.79 Å². The zero-order valence-corrected chi connectivity index (χ0v) is 13.7. The van der Waals surface area contributed by atoms with Crippen LogP contribution in [0.1, 0.15) is 15.9 Å². The average molecular weight is 328 g/mol. The number of rotatable bonds is 3. The fourth-order valence-corrected chi connectivity index (χ4v) is 2.82. The number of amides is 1. The Morgan fingerprint density at radius 1 is 1.04 bits per heavy atom. The molecular weight excluding hydrogens is 312 g/mol. The van der Waals surface area contributed by atoms with Gasteiger partial charge in [-0.3, -0.25) is 9.78 Å². The molecule has 122 valence electrons. The predicted molar refractivity (Wildman–Crippen MR) is 97.6 cm³/mol. The van der Waals surface area contributed by atoms with Crippen LogP contribution in [-0.4, -0.2) is 20.5 Å². The highest BCUT2D eigenvalue weighted by atomic mass is 16.1. The number of aryl methyl sites for hydroxylation is 1. The van der Waals surface area contributed by atoms with E-state index in [4.69, 9.17) is 0 Å². The number of fused-ring (bicyclic) bond motifs is 1. The molecule has 1 amide bonds. The summed E-state index contributed by atoms with van der Waals surface area (Å²) in [5.74, 6) is -0.168. The molecule has 0 aliphatic rings. The number of carbonyl (C=O) groups excluding carboxylic acids is 1. The monoisotopic (exact) mass is 328 g/mol. The average Bonchev–Trinajstić information content (AvgIpc) is 3.13. The molecule has 0 atom stereocenters. The molecule has 5 nitrogen and oxygen atoms in total. The number of anilines is 1. The molecule has 0 radical (unpaired) electrons. The van der Waals surface area contributed by atoms with Gasteiger partial charge in [-0.05, 0) is 55.0 Å². The topological polar surface area (TPSA) is 59.3 Å². The van der Waals surface area contributed by atoms with E-state index in [-0.39, 0.29) is 5.91 Å². The molecule has 4 aromatic rings. The SMILES string of the molecule is Cc1cc(-c2cccc3ccnn23)ccc1NC(=O)c1cccnc1. The number of aromatic nitrogens is 3. The van der Waals surface area contributed by atoms with Gasteiger partial charge in [-0.15, -0.1) is 0 Å². The Morgan fingerprint density at radius 3 is 2.76 bits per heavy atom. The van der Waals surface area contributed by atoms with Crippen LogP contribution in [0.5, 0.6) is 0 Å². The Kier molecular flexibility index (Phi) is 3.74. The van der Waals surface area contributed by atoms with Crippen LogP contribution in [0.4, 0.5) is 5.69 Å². The van der Waals surface area contributed by atoms with E-state index in [1.165, 1.54) is 0 Å². The lowest BCUT2D eigenvalue weighted by molar-refractivity contribution is 0.102. The lowest BCUT2D eigenvalue weighted by Gasteiger charge is -2.11. The highest BCUT2D eigenvalue weighted by Crippen LogP contribution is 2.25. The van der Waals surface area contributed by atoms with Crippen LogP contribution in [0.25, 0.3) is 16.8 Å². The normalized spacial score (nSPS) is 10.8. The van der Waals surface area contributed by atoms with Gasteiger partial charge in [-0.2, -0.15) is 5.10 Å². The second kappa shape index (κ2) is 6.20. The Bertz CT molecular complexity index is 1050. The minimum absolute atomic E-state index is 0.168. The third kappa shape index (κ3) is 2.87. The molecule has 0 saturated heterocycles. The molecular formula is C20H16N4O. The van der Waals surface area contributed by atoms with Gasteiger partial charge in [0.2, 0.25) is 0 Å². The van der Waals surface area contributed by atoms with E-state index in [0.29, 0.717) is 5.56 Å². The zero-order chi connectivity index (χ0) is 17.2. The van der Waals surface area contributed by atoms with E-state index in [0.717, 1.165) is 28.0 Å². The summed E-state index contributed by atoms with van der Waals surface area (Å²) < 4.78 is 1.91. The Hall–Kier alpha value is -3.47. The smallest absolute Gasteiger partial charge is 0.257 e. The largest absolute Gasteiger partial charge is 0.322 e. The third-order valence-corrected chi connectivity index (χ3v) is 4.12. The van der Waals surface area contributed by atoms with E-state index in [9.17, 15) is 4.79 Å². The molecule has 0 unspecified atom stereocenters. The number of hydrogen-bond acceptors (Lipinski definition) is 3. The standard InChI is InChI=1S/C20H16N4O/c1-14-12-15(19-6-2-5-17-9-11-22-24(17)19)7-8-18(14)23-20(25)16-4-3-10-21-13-16/h2-13H,1H3,(H,23,25). The van der Waals surface area contributed by atoms with Gasteiger partial charge in [-0.25, -0.2) is 4.52 Å². The first kappa shape index (κ1) is 15.1. The van der Waals surface area contributed by atoms with Crippen LogP contribution in [0.15, 0.2) is 73.2 Å². The molecule has 0 aliphatic carbocycles. The van der Waals surface area contributed by atoms with E-state index in [1.807, 2.05) is 47.8 Å². The first-order chi connectivity index (χ1) is 12.2. The maximum atomic E-state index is 12.3. The van der Waals surface area contributed by atoms with Gasteiger partial charge in [-0.1, -0.05) is 12.1 Å². The van der Waals surface area contributed by atoms with Crippen LogP contribution in [0.3, 0.4) is 0 Å². The van der Waals surface area contributed by atoms with Gasteiger partial charge >= 0.3 is 0 Å². The predicted octanol–water partition coefficient (Wildman–Crippen LogP) is 3.96. The zero-order valence-electron chi connectivity index (χ0n) is 13.7. The summed E-state index contributed by atoms with van der Waals surface area (Å²) in [4.78, 5) is 16.3. The number of carbonyl (C=O) groups is 1. The van der Waals surface area contributed by atoms with Crippen molar-refractivity contribution in [2.24, 2.45) is 0 Å². The molecule has 3 aromatic heterocycles. The van der Waals surface area contributed by atoms with Gasteiger partial charge in [0.25, 0.3) is 5.91 Å². The molecule has 1 aromatic carbocycles. The van der Waals surface area contributed by atoms with Crippen molar-refractivity contribution in [3.8, 4) is 11.3 Å². The summed E-state index contributed by atoms with van der Waals surface area (Å²) >= 11 is 0. The number of benzene rings is 1. The molecule has 0 aliphatic heterocycles. The lowest BCUT2D eigenvalue weighted by atomic mass is 10.1. The van der Waals surface area contributed by atoms with Gasteiger partial charge in [0.1, 0.15) is 0 Å². The van der Waals surface area contributed by atoms with E-state index >= 15 is 0 Å². The van der Waals surface area contributed by atoms with Crippen molar-refractivity contribution in [2.75, 3.05) is 5.32 Å². The van der Waals surface area contributed by atoms with Crippen LogP contribution >= 0.6 is 0 Å². The first-order valence-corrected chi connectivity index (χ1v) is 7.97. The van der Waals surface area contributed by atoms with Crippen LogP contribution in [0.2, 0.25) is 0 Å². The number of nitrogens with one attached hydrogen (secondary N) is 1. The van der Waals surface area contributed by atoms with Gasteiger partial charge in [0, 0.05) is 23.6 Å². The van der Waals surface area contributed by atoms with E-state index in [2.05, 4.69) is 21.5 Å². The summed E-state index contributed by atoms with van der Waals surface area (Å²) in [5, 5.41) is 7.31. The molecule has 4 rings (SSSR count). The van der Waals surface area contributed by atoms with Crippen LogP contribution in [-0.2, 0) is 0 Å². The molecule has 0 bridgehead atoms. The molecule has 5 heteroatoms. The first-order valence-electron chi connectivity index (χ1n) is 7.97. The second-order valence-corrected chi connectivity index (χ2v) is 5.80. The molecule has 0 spiro atoms. The fraction of sp³-hybridized carbons (Fsp3) is 0.0500. The van der Waals surface area contributed by atoms with Gasteiger partial charge < -0.3 is 5.32 Å². The van der Waals surface area contributed by atoms with Crippen molar-refractivity contribution in [3.05, 3.63) is 84.3 Å². The van der Waals surface area contributed by atoms with E-state index in [1.54, 1.807) is 30.7 Å². The molecule has 0 saturated carbocycles. The van der Waals surface area contributed by atoms with Crippen molar-refractivity contribution in [3.63, 3.8) is 0 Å². The Balaban J connectivity index is 1.65. The lowest BCUT2D eigenvalue weighted by Crippen LogP contribution is -2.12. The molecule has 0 fully saturated rings. The molecule has 25 heavy (non-hydrogen) atoms. The summed E-state index contributed by atoms with van der Waals surface area (Å²) in [6.45, 7) is 1.98. The van der Waals surface area contributed by atoms with Crippen LogP contribution in [0, 0.1) is 6.92 Å². The minimum Gasteiger partial charge on any atom is -0.322 e. The molecule has 3 heterocycles. The van der Waals surface area contributed by atoms with Crippen molar-refractivity contribution >= 4 is 17.1 Å². The third-order valence-electron chi connectivity index (χ3n) is 4.12.